The van der Waals surface area contributed by atoms with Gasteiger partial charge in [-0.25, -0.2) is 29.4 Å². The number of nitrogen functional groups attached to an aromatic ring is 1. The molecule has 1 fully saturated rings. The Morgan fingerprint density at radius 3 is 2.44 bits per heavy atom. The van der Waals surface area contributed by atoms with Gasteiger partial charge in [0.2, 0.25) is 10.0 Å². The monoisotopic (exact) mass is 377 g/mol. The SMILES string of the molecule is Nc1nc2c(-c3cccc(S(N)(=O)=O)c3C3NNNN3)cccc2s1. The first-order chi connectivity index (χ1) is 11.9. The Morgan fingerprint density at radius 1 is 1.04 bits per heavy atom. The minimum atomic E-state index is -3.93. The van der Waals surface area contributed by atoms with Crippen molar-refractivity contribution >= 4 is 36.7 Å². The van der Waals surface area contributed by atoms with Gasteiger partial charge in [-0.3, -0.25) is 0 Å². The van der Waals surface area contributed by atoms with Gasteiger partial charge in [-0.2, -0.15) is 11.1 Å². The normalized spacial score (nSPS) is 15.9. The topological polar surface area (TPSA) is 147 Å². The first-order valence-corrected chi connectivity index (χ1v) is 9.63. The summed E-state index contributed by atoms with van der Waals surface area (Å²) in [5, 5.41) is 5.88. The molecule has 11 heteroatoms. The van der Waals surface area contributed by atoms with Crippen LogP contribution in [0.3, 0.4) is 0 Å². The highest BCUT2D eigenvalue weighted by Crippen LogP contribution is 2.37. The van der Waals surface area contributed by atoms with Gasteiger partial charge in [0.1, 0.15) is 6.17 Å². The van der Waals surface area contributed by atoms with E-state index in [4.69, 9.17) is 10.9 Å². The molecule has 0 bridgehead atoms. The van der Waals surface area contributed by atoms with E-state index in [0.29, 0.717) is 16.3 Å². The molecule has 1 saturated heterocycles. The largest absolute Gasteiger partial charge is 0.375 e. The number of hydrogen-bond acceptors (Lipinski definition) is 9. The maximum Gasteiger partial charge on any atom is 0.238 e. The van der Waals surface area contributed by atoms with E-state index in [0.717, 1.165) is 15.8 Å². The van der Waals surface area contributed by atoms with Crippen LogP contribution >= 0.6 is 11.3 Å². The number of aromatic nitrogens is 1. The molecule has 3 aromatic rings. The number of fused-ring (bicyclic) bond motifs is 1. The summed E-state index contributed by atoms with van der Waals surface area (Å²) in [5.74, 6) is 0. The summed E-state index contributed by atoms with van der Waals surface area (Å²) >= 11 is 1.38. The van der Waals surface area contributed by atoms with Gasteiger partial charge < -0.3 is 5.73 Å². The number of benzene rings is 2. The number of primary sulfonamides is 1. The van der Waals surface area contributed by atoms with E-state index in [9.17, 15) is 8.42 Å². The fraction of sp³-hybridized carbons (Fsp3) is 0.0714. The van der Waals surface area contributed by atoms with Crippen LogP contribution in [0.25, 0.3) is 21.3 Å². The number of hydrogen-bond donors (Lipinski definition) is 6. The molecule has 1 aliphatic rings. The molecule has 4 rings (SSSR count). The molecule has 8 N–H and O–H groups in total. The van der Waals surface area contributed by atoms with Gasteiger partial charge in [-0.05, 0) is 17.7 Å². The standard InChI is InChI=1S/C14H15N7O2S2/c15-14-17-12-8(4-1-5-9(12)24-14)7-3-2-6-10(25(16,22)23)11(7)13-18-20-21-19-13/h1-6,13,18-21H,(H2,15,17)(H2,16,22,23). The highest BCUT2D eigenvalue weighted by atomic mass is 32.2. The van der Waals surface area contributed by atoms with E-state index in [1.54, 1.807) is 6.07 Å². The van der Waals surface area contributed by atoms with Crippen molar-refractivity contribution in [1.82, 2.24) is 26.9 Å². The van der Waals surface area contributed by atoms with Gasteiger partial charge in [-0.1, -0.05) is 35.6 Å². The van der Waals surface area contributed by atoms with Crippen LogP contribution in [0.1, 0.15) is 11.7 Å². The molecule has 0 aliphatic carbocycles. The summed E-state index contributed by atoms with van der Waals surface area (Å²) in [6.45, 7) is 0. The lowest BCUT2D eigenvalue weighted by molar-refractivity contribution is 0.541. The van der Waals surface area contributed by atoms with Gasteiger partial charge in [0.15, 0.2) is 5.13 Å². The fourth-order valence-corrected chi connectivity index (χ4v) is 4.47. The molecule has 2 heterocycles. The van der Waals surface area contributed by atoms with Gasteiger partial charge in [0, 0.05) is 11.1 Å². The summed E-state index contributed by atoms with van der Waals surface area (Å²) in [6.07, 6.45) is -0.518. The van der Waals surface area contributed by atoms with Gasteiger partial charge >= 0.3 is 0 Å². The molecule has 130 valence electrons. The van der Waals surface area contributed by atoms with Gasteiger partial charge in [0.25, 0.3) is 0 Å². The first-order valence-electron chi connectivity index (χ1n) is 7.27. The number of hydrazine groups is 3. The average molecular weight is 377 g/mol. The zero-order valence-electron chi connectivity index (χ0n) is 12.8. The second-order valence-electron chi connectivity index (χ2n) is 5.44. The van der Waals surface area contributed by atoms with E-state index >= 15 is 0 Å². The number of anilines is 1. The van der Waals surface area contributed by atoms with Crippen molar-refractivity contribution < 1.29 is 8.42 Å². The molecule has 0 spiro atoms. The van der Waals surface area contributed by atoms with E-state index < -0.39 is 16.2 Å². The van der Waals surface area contributed by atoms with Crippen molar-refractivity contribution in [1.29, 1.82) is 0 Å². The smallest absolute Gasteiger partial charge is 0.238 e. The van der Waals surface area contributed by atoms with Crippen LogP contribution in [0.5, 0.6) is 0 Å². The first kappa shape index (κ1) is 16.4. The molecule has 9 nitrogen and oxygen atoms in total. The Morgan fingerprint density at radius 2 is 1.72 bits per heavy atom. The maximum atomic E-state index is 12.1. The molecular formula is C14H15N7O2S2. The second-order valence-corrected chi connectivity index (χ2v) is 8.03. The van der Waals surface area contributed by atoms with Crippen molar-refractivity contribution in [3.63, 3.8) is 0 Å². The molecule has 25 heavy (non-hydrogen) atoms. The van der Waals surface area contributed by atoms with Gasteiger partial charge in [0.05, 0.1) is 15.1 Å². The van der Waals surface area contributed by atoms with Crippen LogP contribution in [0.2, 0.25) is 0 Å². The minimum Gasteiger partial charge on any atom is -0.375 e. The molecule has 0 amide bonds. The fourth-order valence-electron chi connectivity index (χ4n) is 2.90. The predicted molar refractivity (Wildman–Crippen MR) is 96.1 cm³/mol. The van der Waals surface area contributed by atoms with Crippen molar-refractivity contribution in [3.05, 3.63) is 42.0 Å². The number of rotatable bonds is 3. The molecular weight excluding hydrogens is 362 g/mol. The van der Waals surface area contributed by atoms with Crippen LogP contribution in [0, 0.1) is 0 Å². The van der Waals surface area contributed by atoms with E-state index in [1.165, 1.54) is 17.4 Å². The van der Waals surface area contributed by atoms with Crippen LogP contribution in [0.4, 0.5) is 5.13 Å². The van der Waals surface area contributed by atoms with Gasteiger partial charge in [-0.15, -0.1) is 0 Å². The Hall–Kier alpha value is -2.12. The summed E-state index contributed by atoms with van der Waals surface area (Å²) in [6, 6.07) is 10.6. The maximum absolute atomic E-state index is 12.1. The van der Waals surface area contributed by atoms with Crippen LogP contribution in [0.15, 0.2) is 41.3 Å². The van der Waals surface area contributed by atoms with Crippen molar-refractivity contribution in [2.45, 2.75) is 11.1 Å². The van der Waals surface area contributed by atoms with Crippen molar-refractivity contribution in [2.75, 3.05) is 5.73 Å². The molecule has 1 aromatic heterocycles. The summed E-state index contributed by atoms with van der Waals surface area (Å²) < 4.78 is 25.1. The molecule has 2 aromatic carbocycles. The van der Waals surface area contributed by atoms with Crippen LogP contribution in [-0.4, -0.2) is 13.4 Å². The number of sulfonamides is 1. The molecule has 0 radical (unpaired) electrons. The Labute approximate surface area is 147 Å². The second kappa shape index (κ2) is 6.00. The number of para-hydroxylation sites is 1. The highest BCUT2D eigenvalue weighted by Gasteiger charge is 2.27. The summed E-state index contributed by atoms with van der Waals surface area (Å²) in [5.41, 5.74) is 19.7. The van der Waals surface area contributed by atoms with Crippen molar-refractivity contribution in [2.24, 2.45) is 5.14 Å². The third-order valence-corrected chi connectivity index (χ3v) is 5.70. The molecule has 1 aliphatic heterocycles. The zero-order chi connectivity index (χ0) is 17.6. The number of thiazole rings is 1. The number of nitrogens with zero attached hydrogens (tertiary/aromatic N) is 1. The van der Waals surface area contributed by atoms with Crippen LogP contribution < -0.4 is 32.8 Å². The number of nitrogens with one attached hydrogen (secondary N) is 4. The molecule has 0 atom stereocenters. The molecule has 0 unspecified atom stereocenters. The third-order valence-electron chi connectivity index (χ3n) is 3.88. The third kappa shape index (κ3) is 2.87. The average Bonchev–Trinajstić information content (AvgIpc) is 3.21. The van der Waals surface area contributed by atoms with E-state index in [-0.39, 0.29) is 4.90 Å². The zero-order valence-corrected chi connectivity index (χ0v) is 14.4. The lowest BCUT2D eigenvalue weighted by Gasteiger charge is -2.18. The highest BCUT2D eigenvalue weighted by molar-refractivity contribution is 7.89. The van der Waals surface area contributed by atoms with Crippen molar-refractivity contribution in [3.8, 4) is 11.1 Å². The van der Waals surface area contributed by atoms with Crippen LogP contribution in [-0.2, 0) is 10.0 Å². The Kier molecular flexibility index (Phi) is 3.92. The summed E-state index contributed by atoms with van der Waals surface area (Å²) in [7, 11) is -3.93. The minimum absolute atomic E-state index is 0.0284. The Balaban J connectivity index is 2.04. The lowest BCUT2D eigenvalue weighted by Crippen LogP contribution is -2.33. The Bertz CT molecular complexity index is 1060. The molecule has 0 saturated carbocycles. The van der Waals surface area contributed by atoms with E-state index in [1.807, 2.05) is 24.3 Å². The van der Waals surface area contributed by atoms with E-state index in [2.05, 4.69) is 26.9 Å². The quantitative estimate of drug-likeness (QED) is 0.382. The predicted octanol–water partition coefficient (Wildman–Crippen LogP) is 0.309. The summed E-state index contributed by atoms with van der Waals surface area (Å²) in [4.78, 5) is 4.42. The lowest BCUT2D eigenvalue weighted by atomic mass is 9.97. The number of nitrogens with two attached hydrogens (primary N) is 2.